The number of hydrogen-bond donors (Lipinski definition) is 2. The number of nitrogens with one attached hydrogen (secondary N) is 1. The molecule has 0 aliphatic heterocycles. The monoisotopic (exact) mass is 279 g/mol. The summed E-state index contributed by atoms with van der Waals surface area (Å²) in [7, 11) is 1.65. The molecule has 1 aromatic carbocycles. The van der Waals surface area contributed by atoms with Crippen molar-refractivity contribution >= 4 is 5.91 Å². The summed E-state index contributed by atoms with van der Waals surface area (Å²) in [5.41, 5.74) is 1.71. The Morgan fingerprint density at radius 2 is 2.00 bits per heavy atom. The van der Waals surface area contributed by atoms with Crippen LogP contribution in [-0.4, -0.2) is 31.3 Å². The summed E-state index contributed by atoms with van der Waals surface area (Å²) in [6.07, 6.45) is 2.82. The molecule has 1 unspecified atom stereocenters. The minimum atomic E-state index is -0.0620. The second kappa shape index (κ2) is 9.50. The van der Waals surface area contributed by atoms with Crippen LogP contribution in [-0.2, 0) is 11.3 Å². The lowest BCUT2D eigenvalue weighted by molar-refractivity contribution is 0.0943. The van der Waals surface area contributed by atoms with Crippen LogP contribution in [0.1, 0.15) is 42.1 Å². The Bertz CT molecular complexity index is 383. The zero-order chi connectivity index (χ0) is 14.8. The lowest BCUT2D eigenvalue weighted by atomic mass is 10.00. The highest BCUT2D eigenvalue weighted by molar-refractivity contribution is 5.94. The van der Waals surface area contributed by atoms with E-state index < -0.39 is 0 Å². The minimum Gasteiger partial charge on any atom is -0.396 e. The smallest absolute Gasteiger partial charge is 0.251 e. The molecule has 0 aromatic heterocycles. The van der Waals surface area contributed by atoms with Crippen LogP contribution in [0.3, 0.4) is 0 Å². The highest BCUT2D eigenvalue weighted by Crippen LogP contribution is 2.10. The van der Waals surface area contributed by atoms with E-state index in [0.717, 1.165) is 24.8 Å². The van der Waals surface area contributed by atoms with Gasteiger partial charge in [-0.15, -0.1) is 0 Å². The highest BCUT2D eigenvalue weighted by Gasteiger charge is 2.10. The second-order valence-corrected chi connectivity index (χ2v) is 5.01. The molecule has 1 atom stereocenters. The Morgan fingerprint density at radius 3 is 2.55 bits per heavy atom. The third-order valence-corrected chi connectivity index (χ3v) is 3.31. The molecule has 0 bridgehead atoms. The molecule has 1 amide bonds. The van der Waals surface area contributed by atoms with Crippen LogP contribution in [0.5, 0.6) is 0 Å². The molecule has 0 saturated heterocycles. The fourth-order valence-corrected chi connectivity index (χ4v) is 2.20. The molecule has 112 valence electrons. The van der Waals surface area contributed by atoms with Crippen molar-refractivity contribution in [1.29, 1.82) is 0 Å². The van der Waals surface area contributed by atoms with Crippen molar-refractivity contribution in [1.82, 2.24) is 5.32 Å². The second-order valence-electron chi connectivity index (χ2n) is 5.01. The Balaban J connectivity index is 2.48. The Kier molecular flexibility index (Phi) is 7.92. The summed E-state index contributed by atoms with van der Waals surface area (Å²) in [6.45, 7) is 3.46. The number of amides is 1. The number of aliphatic hydroxyl groups excluding tert-OH is 1. The zero-order valence-electron chi connectivity index (χ0n) is 12.4. The third kappa shape index (κ3) is 5.72. The SMILES string of the molecule is CCCC(CCO)CNC(=O)c1ccc(COC)cc1. The van der Waals surface area contributed by atoms with E-state index in [0.29, 0.717) is 24.6 Å². The molecule has 1 rings (SSSR count). The summed E-state index contributed by atoms with van der Waals surface area (Å²) < 4.78 is 5.04. The lowest BCUT2D eigenvalue weighted by Crippen LogP contribution is -2.29. The molecule has 0 saturated carbocycles. The standard InChI is InChI=1S/C16H25NO3/c1-3-4-13(9-10-18)11-17-16(19)15-7-5-14(6-8-15)12-20-2/h5-8,13,18H,3-4,9-12H2,1-2H3,(H,17,19). The van der Waals surface area contributed by atoms with E-state index in [1.165, 1.54) is 0 Å². The van der Waals surface area contributed by atoms with Crippen LogP contribution in [0.25, 0.3) is 0 Å². The summed E-state index contributed by atoms with van der Waals surface area (Å²) in [6, 6.07) is 7.42. The summed E-state index contributed by atoms with van der Waals surface area (Å²) in [5.74, 6) is 0.287. The quantitative estimate of drug-likeness (QED) is 0.729. The van der Waals surface area contributed by atoms with E-state index in [4.69, 9.17) is 9.84 Å². The van der Waals surface area contributed by atoms with Gasteiger partial charge in [0, 0.05) is 25.8 Å². The average molecular weight is 279 g/mol. The van der Waals surface area contributed by atoms with Crippen molar-refractivity contribution in [2.24, 2.45) is 5.92 Å². The van der Waals surface area contributed by atoms with E-state index in [1.807, 2.05) is 24.3 Å². The number of methoxy groups -OCH3 is 1. The van der Waals surface area contributed by atoms with Crippen LogP contribution >= 0.6 is 0 Å². The predicted molar refractivity (Wildman–Crippen MR) is 79.6 cm³/mol. The van der Waals surface area contributed by atoms with E-state index in [9.17, 15) is 4.79 Å². The molecular formula is C16H25NO3. The van der Waals surface area contributed by atoms with Gasteiger partial charge in [0.2, 0.25) is 0 Å². The van der Waals surface area contributed by atoms with Gasteiger partial charge in [0.25, 0.3) is 5.91 Å². The number of carbonyl (C=O) groups is 1. The van der Waals surface area contributed by atoms with Crippen molar-refractivity contribution in [3.05, 3.63) is 35.4 Å². The van der Waals surface area contributed by atoms with Crippen LogP contribution in [0, 0.1) is 5.92 Å². The number of ether oxygens (including phenoxy) is 1. The van der Waals surface area contributed by atoms with Crippen molar-refractivity contribution in [2.45, 2.75) is 32.8 Å². The first-order chi connectivity index (χ1) is 9.71. The van der Waals surface area contributed by atoms with Gasteiger partial charge in [0.1, 0.15) is 0 Å². The van der Waals surface area contributed by atoms with Crippen LogP contribution in [0.4, 0.5) is 0 Å². The first-order valence-corrected chi connectivity index (χ1v) is 7.18. The lowest BCUT2D eigenvalue weighted by Gasteiger charge is -2.15. The molecule has 0 radical (unpaired) electrons. The van der Waals surface area contributed by atoms with Gasteiger partial charge >= 0.3 is 0 Å². The molecule has 4 nitrogen and oxygen atoms in total. The number of benzene rings is 1. The van der Waals surface area contributed by atoms with Gasteiger partial charge in [-0.2, -0.15) is 0 Å². The first kappa shape index (κ1) is 16.7. The van der Waals surface area contributed by atoms with Gasteiger partial charge < -0.3 is 15.2 Å². The number of hydrogen-bond acceptors (Lipinski definition) is 3. The maximum atomic E-state index is 12.0. The normalized spacial score (nSPS) is 12.2. The van der Waals surface area contributed by atoms with Crippen LogP contribution < -0.4 is 5.32 Å². The van der Waals surface area contributed by atoms with E-state index in [1.54, 1.807) is 7.11 Å². The predicted octanol–water partition coefficient (Wildman–Crippen LogP) is 2.36. The molecule has 4 heteroatoms. The topological polar surface area (TPSA) is 58.6 Å². The molecule has 0 aliphatic rings. The van der Waals surface area contributed by atoms with Crippen LogP contribution in [0.2, 0.25) is 0 Å². The summed E-state index contributed by atoms with van der Waals surface area (Å²) in [4.78, 5) is 12.0. The Morgan fingerprint density at radius 1 is 1.30 bits per heavy atom. The van der Waals surface area contributed by atoms with Crippen molar-refractivity contribution in [3.8, 4) is 0 Å². The van der Waals surface area contributed by atoms with Gasteiger partial charge in [0.15, 0.2) is 0 Å². The number of aliphatic hydroxyl groups is 1. The third-order valence-electron chi connectivity index (χ3n) is 3.31. The molecule has 2 N–H and O–H groups in total. The maximum Gasteiger partial charge on any atom is 0.251 e. The van der Waals surface area contributed by atoms with Crippen LogP contribution in [0.15, 0.2) is 24.3 Å². The number of carbonyl (C=O) groups excluding carboxylic acids is 1. The van der Waals surface area contributed by atoms with Gasteiger partial charge in [0.05, 0.1) is 6.61 Å². The fraction of sp³-hybridized carbons (Fsp3) is 0.562. The number of rotatable bonds is 9. The average Bonchev–Trinajstić information content (AvgIpc) is 2.46. The highest BCUT2D eigenvalue weighted by atomic mass is 16.5. The van der Waals surface area contributed by atoms with Gasteiger partial charge in [-0.25, -0.2) is 0 Å². The minimum absolute atomic E-state index is 0.0620. The Labute approximate surface area is 121 Å². The molecule has 0 fully saturated rings. The largest absolute Gasteiger partial charge is 0.396 e. The molecule has 1 aromatic rings. The van der Waals surface area contributed by atoms with Crippen molar-refractivity contribution in [2.75, 3.05) is 20.3 Å². The van der Waals surface area contributed by atoms with E-state index in [2.05, 4.69) is 12.2 Å². The van der Waals surface area contributed by atoms with Gasteiger partial charge in [-0.3, -0.25) is 4.79 Å². The maximum absolute atomic E-state index is 12.0. The molecule has 0 heterocycles. The Hall–Kier alpha value is -1.39. The van der Waals surface area contributed by atoms with Gasteiger partial charge in [-0.1, -0.05) is 25.5 Å². The van der Waals surface area contributed by atoms with E-state index in [-0.39, 0.29) is 12.5 Å². The fourth-order valence-electron chi connectivity index (χ4n) is 2.20. The molecular weight excluding hydrogens is 254 g/mol. The molecule has 0 spiro atoms. The summed E-state index contributed by atoms with van der Waals surface area (Å²) in [5, 5.41) is 11.9. The summed E-state index contributed by atoms with van der Waals surface area (Å²) >= 11 is 0. The first-order valence-electron chi connectivity index (χ1n) is 7.18. The van der Waals surface area contributed by atoms with E-state index >= 15 is 0 Å². The van der Waals surface area contributed by atoms with Crippen molar-refractivity contribution < 1.29 is 14.6 Å². The molecule has 20 heavy (non-hydrogen) atoms. The molecule has 0 aliphatic carbocycles. The van der Waals surface area contributed by atoms with Crippen molar-refractivity contribution in [3.63, 3.8) is 0 Å². The zero-order valence-corrected chi connectivity index (χ0v) is 12.4. The van der Waals surface area contributed by atoms with Gasteiger partial charge in [-0.05, 0) is 36.5 Å².